The normalized spacial score (nSPS) is 31.0. The molecule has 1 saturated heterocycles. The molecule has 7 nitrogen and oxygen atoms in total. The number of nitrogens with one attached hydrogen (secondary N) is 1. The van der Waals surface area contributed by atoms with Crippen LogP contribution in [0.25, 0.3) is 0 Å². The monoisotopic (exact) mass is 293 g/mol. The van der Waals surface area contributed by atoms with E-state index in [1.807, 2.05) is 0 Å². The van der Waals surface area contributed by atoms with Crippen molar-refractivity contribution in [2.24, 2.45) is 11.7 Å². The van der Waals surface area contributed by atoms with Gasteiger partial charge in [0.1, 0.15) is 0 Å². The molecule has 114 valence electrons. The number of nitrogens with zero attached hydrogens (tertiary/aromatic N) is 1. The number of hydrogen-bond acceptors (Lipinski definition) is 6. The third-order valence-corrected chi connectivity index (χ3v) is 4.39. The summed E-state index contributed by atoms with van der Waals surface area (Å²) in [6.07, 6.45) is 2.30. The van der Waals surface area contributed by atoms with Crippen LogP contribution in [0.15, 0.2) is 18.2 Å². The zero-order valence-corrected chi connectivity index (χ0v) is 11.8. The lowest BCUT2D eigenvalue weighted by Crippen LogP contribution is -2.69. The predicted molar refractivity (Wildman–Crippen MR) is 77.5 cm³/mol. The predicted octanol–water partition coefficient (Wildman–Crippen LogP) is 1.52. The summed E-state index contributed by atoms with van der Waals surface area (Å²) in [5.74, 6) is 0.648. The third kappa shape index (κ3) is 2.43. The number of methoxy groups -OCH3 is 1. The molecule has 0 spiro atoms. The summed E-state index contributed by atoms with van der Waals surface area (Å²) in [6.45, 7) is 0.773. The van der Waals surface area contributed by atoms with Gasteiger partial charge in [-0.15, -0.1) is 0 Å². The van der Waals surface area contributed by atoms with Gasteiger partial charge >= 0.3 is 5.69 Å². The van der Waals surface area contributed by atoms with Crippen molar-refractivity contribution in [3.63, 3.8) is 0 Å². The second kappa shape index (κ2) is 5.50. The summed E-state index contributed by atoms with van der Waals surface area (Å²) >= 11 is 0. The largest absolute Gasteiger partial charge is 0.490 e. The van der Waals surface area contributed by atoms with Crippen LogP contribution in [-0.4, -0.2) is 36.8 Å². The number of nitrogens with two attached hydrogens (primary N) is 1. The number of ether oxygens (including phenoxy) is 2. The lowest BCUT2D eigenvalue weighted by Gasteiger charge is -2.52. The molecule has 1 heterocycles. The molecular weight excluding hydrogens is 274 g/mol. The van der Waals surface area contributed by atoms with Crippen molar-refractivity contribution in [2.45, 2.75) is 31.0 Å². The van der Waals surface area contributed by atoms with Crippen LogP contribution in [0.2, 0.25) is 0 Å². The minimum atomic E-state index is -0.460. The second-order valence-corrected chi connectivity index (χ2v) is 5.53. The molecule has 3 rings (SSSR count). The molecule has 0 radical (unpaired) electrons. The average molecular weight is 293 g/mol. The second-order valence-electron chi connectivity index (χ2n) is 5.53. The fourth-order valence-electron chi connectivity index (χ4n) is 3.24. The number of anilines is 1. The highest BCUT2D eigenvalue weighted by Gasteiger charge is 2.50. The molecule has 4 unspecified atom stereocenters. The summed E-state index contributed by atoms with van der Waals surface area (Å²) in [4.78, 5) is 10.4. The summed E-state index contributed by atoms with van der Waals surface area (Å²) in [5, 5.41) is 14.2. The minimum absolute atomic E-state index is 0.0430. The Labute approximate surface area is 122 Å². The van der Waals surface area contributed by atoms with Crippen LogP contribution in [0.1, 0.15) is 12.8 Å². The fourth-order valence-corrected chi connectivity index (χ4v) is 3.24. The SMILES string of the molecule is COc1cc(NC2C(N)C3CCCOC32)ccc1[N+](=O)[O-]. The van der Waals surface area contributed by atoms with Gasteiger partial charge in [0.2, 0.25) is 0 Å². The highest BCUT2D eigenvalue weighted by atomic mass is 16.6. The zero-order chi connectivity index (χ0) is 15.0. The van der Waals surface area contributed by atoms with Gasteiger partial charge in [0.15, 0.2) is 5.75 Å². The maximum atomic E-state index is 10.9. The Hall–Kier alpha value is -1.86. The van der Waals surface area contributed by atoms with E-state index in [2.05, 4.69) is 5.32 Å². The van der Waals surface area contributed by atoms with E-state index in [1.54, 1.807) is 12.1 Å². The molecule has 1 aromatic carbocycles. The molecule has 1 aliphatic heterocycles. The quantitative estimate of drug-likeness (QED) is 0.645. The number of benzene rings is 1. The lowest BCUT2D eigenvalue weighted by atomic mass is 9.68. The van der Waals surface area contributed by atoms with E-state index in [1.165, 1.54) is 13.2 Å². The summed E-state index contributed by atoms with van der Waals surface area (Å²) < 4.78 is 10.8. The Morgan fingerprint density at radius 2 is 2.33 bits per heavy atom. The molecular formula is C14H19N3O4. The van der Waals surface area contributed by atoms with Crippen LogP contribution < -0.4 is 15.8 Å². The highest BCUT2D eigenvalue weighted by molar-refractivity contribution is 5.58. The lowest BCUT2D eigenvalue weighted by molar-refractivity contribution is -0.385. The number of nitro groups is 1. The van der Waals surface area contributed by atoms with Crippen LogP contribution in [-0.2, 0) is 4.74 Å². The van der Waals surface area contributed by atoms with Crippen molar-refractivity contribution in [3.05, 3.63) is 28.3 Å². The van der Waals surface area contributed by atoms with Crippen molar-refractivity contribution in [1.82, 2.24) is 0 Å². The first-order chi connectivity index (χ1) is 10.1. The van der Waals surface area contributed by atoms with E-state index in [4.69, 9.17) is 15.2 Å². The van der Waals surface area contributed by atoms with Crippen molar-refractivity contribution in [1.29, 1.82) is 0 Å². The molecule has 7 heteroatoms. The fraction of sp³-hybridized carbons (Fsp3) is 0.571. The Morgan fingerprint density at radius 1 is 1.52 bits per heavy atom. The van der Waals surface area contributed by atoms with Crippen molar-refractivity contribution >= 4 is 11.4 Å². The Morgan fingerprint density at radius 3 is 3.05 bits per heavy atom. The van der Waals surface area contributed by atoms with E-state index in [0.29, 0.717) is 5.92 Å². The molecule has 0 bridgehead atoms. The molecule has 4 atom stereocenters. The smallest absolute Gasteiger partial charge is 0.311 e. The highest BCUT2D eigenvalue weighted by Crippen LogP contribution is 2.39. The van der Waals surface area contributed by atoms with Gasteiger partial charge in [0, 0.05) is 36.4 Å². The maximum Gasteiger partial charge on any atom is 0.311 e. The van der Waals surface area contributed by atoms with Crippen LogP contribution in [0, 0.1) is 16.0 Å². The molecule has 3 N–H and O–H groups in total. The van der Waals surface area contributed by atoms with Crippen LogP contribution in [0.3, 0.4) is 0 Å². The first kappa shape index (κ1) is 14.1. The third-order valence-electron chi connectivity index (χ3n) is 4.39. The van der Waals surface area contributed by atoms with Crippen molar-refractivity contribution < 1.29 is 14.4 Å². The molecule has 0 aromatic heterocycles. The van der Waals surface area contributed by atoms with Crippen LogP contribution in [0.5, 0.6) is 5.75 Å². The van der Waals surface area contributed by atoms with Gasteiger partial charge in [-0.05, 0) is 18.9 Å². The molecule has 2 fully saturated rings. The summed E-state index contributed by atoms with van der Waals surface area (Å²) in [5.41, 5.74) is 6.90. The molecule has 2 aliphatic rings. The average Bonchev–Trinajstić information content (AvgIpc) is 2.51. The van der Waals surface area contributed by atoms with Gasteiger partial charge < -0.3 is 20.5 Å². The van der Waals surface area contributed by atoms with Crippen molar-refractivity contribution in [2.75, 3.05) is 19.0 Å². The van der Waals surface area contributed by atoms with Gasteiger partial charge in [-0.1, -0.05) is 0 Å². The molecule has 1 aromatic rings. The molecule has 1 saturated carbocycles. The van der Waals surface area contributed by atoms with E-state index in [9.17, 15) is 10.1 Å². The topological polar surface area (TPSA) is 99.7 Å². The molecule has 21 heavy (non-hydrogen) atoms. The van der Waals surface area contributed by atoms with Gasteiger partial charge in [0.25, 0.3) is 0 Å². The van der Waals surface area contributed by atoms with Crippen molar-refractivity contribution in [3.8, 4) is 5.75 Å². The first-order valence-corrected chi connectivity index (χ1v) is 7.08. The Balaban J connectivity index is 1.75. The van der Waals surface area contributed by atoms with E-state index < -0.39 is 4.92 Å². The van der Waals surface area contributed by atoms with Gasteiger partial charge in [-0.3, -0.25) is 10.1 Å². The van der Waals surface area contributed by atoms with Gasteiger partial charge in [0.05, 0.1) is 24.2 Å². The van der Waals surface area contributed by atoms with E-state index >= 15 is 0 Å². The minimum Gasteiger partial charge on any atom is -0.490 e. The molecule has 1 aliphatic carbocycles. The Bertz CT molecular complexity index is 551. The standard InChI is InChI=1S/C14H19N3O4/c1-20-11-7-8(4-5-10(11)17(18)19)16-13-12(15)9-3-2-6-21-14(9)13/h4-5,7,9,12-14,16H,2-3,6,15H2,1H3. The van der Waals surface area contributed by atoms with E-state index in [0.717, 1.165) is 25.1 Å². The number of nitro benzene ring substituents is 1. The maximum absolute atomic E-state index is 10.9. The van der Waals surface area contributed by atoms with Crippen LogP contribution >= 0.6 is 0 Å². The first-order valence-electron chi connectivity index (χ1n) is 7.08. The summed E-state index contributed by atoms with van der Waals surface area (Å²) in [7, 11) is 1.42. The Kier molecular flexibility index (Phi) is 3.69. The van der Waals surface area contributed by atoms with Gasteiger partial charge in [-0.2, -0.15) is 0 Å². The number of fused-ring (bicyclic) bond motifs is 1. The summed E-state index contributed by atoms with van der Waals surface area (Å²) in [6, 6.07) is 4.83. The molecule has 0 amide bonds. The number of hydrogen-bond donors (Lipinski definition) is 2. The van der Waals surface area contributed by atoms with Crippen LogP contribution in [0.4, 0.5) is 11.4 Å². The van der Waals surface area contributed by atoms with E-state index in [-0.39, 0.29) is 29.6 Å². The van der Waals surface area contributed by atoms with Gasteiger partial charge in [-0.25, -0.2) is 0 Å². The zero-order valence-electron chi connectivity index (χ0n) is 11.8. The number of rotatable bonds is 4.